The zero-order valence-electron chi connectivity index (χ0n) is 14.2. The summed E-state index contributed by atoms with van der Waals surface area (Å²) in [5.74, 6) is 0. The summed E-state index contributed by atoms with van der Waals surface area (Å²) in [4.78, 5) is 5.30. The normalized spacial score (nSPS) is 26.1. The minimum Gasteiger partial charge on any atom is -0.368 e. The summed E-state index contributed by atoms with van der Waals surface area (Å²) in [6.07, 6.45) is 10.8. The minimum atomic E-state index is -0.0802. The predicted octanol–water partition coefficient (Wildman–Crippen LogP) is 2.15. The molecular weight excluding hydrogens is 288 g/mol. The average molecular weight is 318 g/mol. The molecular formula is C18H30N4O. The zero-order valence-corrected chi connectivity index (χ0v) is 14.2. The van der Waals surface area contributed by atoms with Gasteiger partial charge >= 0.3 is 0 Å². The topological polar surface area (TPSA) is 44.4 Å². The molecule has 4 rings (SSSR count). The van der Waals surface area contributed by atoms with Crippen molar-refractivity contribution in [1.29, 1.82) is 0 Å². The fourth-order valence-electron chi connectivity index (χ4n) is 4.50. The van der Waals surface area contributed by atoms with E-state index in [-0.39, 0.29) is 5.60 Å². The van der Waals surface area contributed by atoms with Crippen molar-refractivity contribution in [2.24, 2.45) is 0 Å². The molecule has 0 unspecified atom stereocenters. The van der Waals surface area contributed by atoms with Crippen molar-refractivity contribution < 1.29 is 4.74 Å². The minimum absolute atomic E-state index is 0.0802. The van der Waals surface area contributed by atoms with E-state index in [4.69, 9.17) is 4.74 Å². The summed E-state index contributed by atoms with van der Waals surface area (Å²) in [6.45, 7) is 8.20. The first-order valence-electron chi connectivity index (χ1n) is 9.47. The first-order valence-corrected chi connectivity index (χ1v) is 9.47. The quantitative estimate of drug-likeness (QED) is 0.927. The van der Waals surface area contributed by atoms with Gasteiger partial charge in [-0.15, -0.1) is 0 Å². The molecule has 0 amide bonds. The number of nitrogens with zero attached hydrogens (tertiary/aromatic N) is 3. The summed E-state index contributed by atoms with van der Waals surface area (Å²) in [7, 11) is 0. The van der Waals surface area contributed by atoms with Gasteiger partial charge < -0.3 is 14.5 Å². The van der Waals surface area contributed by atoms with Crippen molar-refractivity contribution in [3.63, 3.8) is 0 Å². The maximum atomic E-state index is 6.24. The van der Waals surface area contributed by atoms with Crippen LogP contribution in [0, 0.1) is 0 Å². The highest BCUT2D eigenvalue weighted by atomic mass is 16.5. The molecule has 1 N–H and O–H groups in total. The van der Waals surface area contributed by atoms with Gasteiger partial charge in [-0.1, -0.05) is 12.8 Å². The molecule has 3 aliphatic rings. The second-order valence-electron chi connectivity index (χ2n) is 7.46. The van der Waals surface area contributed by atoms with Crippen LogP contribution >= 0.6 is 0 Å². The van der Waals surface area contributed by atoms with Crippen LogP contribution in [0.1, 0.15) is 49.8 Å². The standard InChI is InChI=1S/C18H30N4O/c1-2-4-9-21(8-3-1)12-13-22-10-6-18(7-11-22)17-16(5-14-23-18)15-19-20-17/h15H,1-14H2,(H,19,20). The van der Waals surface area contributed by atoms with Crippen LogP contribution in [0.2, 0.25) is 0 Å². The fraction of sp³-hybridized carbons (Fsp3) is 0.833. The summed E-state index contributed by atoms with van der Waals surface area (Å²) in [5.41, 5.74) is 2.55. The maximum absolute atomic E-state index is 6.24. The van der Waals surface area contributed by atoms with Gasteiger partial charge in [0.05, 0.1) is 18.5 Å². The molecule has 2 fully saturated rings. The lowest BCUT2D eigenvalue weighted by atomic mass is 9.84. The Bertz CT molecular complexity index is 499. The molecule has 0 saturated carbocycles. The third kappa shape index (κ3) is 3.32. The molecule has 0 aromatic carbocycles. The zero-order chi connectivity index (χ0) is 15.5. The highest BCUT2D eigenvalue weighted by Crippen LogP contribution is 2.40. The summed E-state index contributed by atoms with van der Waals surface area (Å²) >= 11 is 0. The SMILES string of the molecule is c1n[nH]c2c1CCOC21CCN(CCN2CCCCCC2)CC1. The summed E-state index contributed by atoms with van der Waals surface area (Å²) < 4.78 is 6.24. The summed E-state index contributed by atoms with van der Waals surface area (Å²) in [6, 6.07) is 0. The first-order chi connectivity index (χ1) is 11.4. The van der Waals surface area contributed by atoms with Crippen molar-refractivity contribution in [1.82, 2.24) is 20.0 Å². The average Bonchev–Trinajstić information content (AvgIpc) is 2.92. The molecule has 4 heterocycles. The Morgan fingerprint density at radius 1 is 1.00 bits per heavy atom. The Balaban J connectivity index is 1.30. The number of hydrogen-bond acceptors (Lipinski definition) is 4. The van der Waals surface area contributed by atoms with E-state index in [0.29, 0.717) is 0 Å². The van der Waals surface area contributed by atoms with Gasteiger partial charge in [-0.05, 0) is 50.8 Å². The van der Waals surface area contributed by atoms with E-state index in [1.807, 2.05) is 6.20 Å². The third-order valence-corrected chi connectivity index (χ3v) is 6.02. The molecule has 5 nitrogen and oxygen atoms in total. The summed E-state index contributed by atoms with van der Waals surface area (Å²) in [5, 5.41) is 7.48. The number of nitrogens with one attached hydrogen (secondary N) is 1. The van der Waals surface area contributed by atoms with Crippen molar-refractivity contribution in [2.75, 3.05) is 45.9 Å². The molecule has 0 bridgehead atoms. The van der Waals surface area contributed by atoms with Gasteiger partial charge in [-0.2, -0.15) is 5.10 Å². The van der Waals surface area contributed by atoms with Crippen LogP contribution in [-0.2, 0) is 16.8 Å². The molecule has 0 atom stereocenters. The molecule has 0 radical (unpaired) electrons. The second-order valence-corrected chi connectivity index (χ2v) is 7.46. The maximum Gasteiger partial charge on any atom is 0.112 e. The fourth-order valence-corrected chi connectivity index (χ4v) is 4.50. The molecule has 23 heavy (non-hydrogen) atoms. The molecule has 2 saturated heterocycles. The Hall–Kier alpha value is -0.910. The number of fused-ring (bicyclic) bond motifs is 2. The van der Waals surface area contributed by atoms with E-state index in [0.717, 1.165) is 39.0 Å². The third-order valence-electron chi connectivity index (χ3n) is 6.02. The Morgan fingerprint density at radius 2 is 1.70 bits per heavy atom. The van der Waals surface area contributed by atoms with Crippen LogP contribution in [0.4, 0.5) is 0 Å². The van der Waals surface area contributed by atoms with Crippen molar-refractivity contribution in [3.05, 3.63) is 17.5 Å². The van der Waals surface area contributed by atoms with E-state index in [9.17, 15) is 0 Å². The molecule has 0 aliphatic carbocycles. The molecule has 1 aromatic heterocycles. The lowest BCUT2D eigenvalue weighted by Gasteiger charge is -2.43. The first kappa shape index (κ1) is 15.6. The van der Waals surface area contributed by atoms with Crippen molar-refractivity contribution in [3.8, 4) is 0 Å². The van der Waals surface area contributed by atoms with Crippen LogP contribution in [-0.4, -0.2) is 65.9 Å². The Morgan fingerprint density at radius 3 is 2.43 bits per heavy atom. The van der Waals surface area contributed by atoms with Gasteiger partial charge in [-0.25, -0.2) is 0 Å². The highest BCUT2D eigenvalue weighted by Gasteiger charge is 2.42. The molecule has 5 heteroatoms. The van der Waals surface area contributed by atoms with E-state index < -0.39 is 0 Å². The molecule has 128 valence electrons. The predicted molar refractivity (Wildman–Crippen MR) is 90.5 cm³/mol. The van der Waals surface area contributed by atoms with Crippen LogP contribution in [0.15, 0.2) is 6.20 Å². The number of aromatic nitrogens is 2. The number of aromatic amines is 1. The van der Waals surface area contributed by atoms with Crippen LogP contribution < -0.4 is 0 Å². The van der Waals surface area contributed by atoms with E-state index in [1.165, 1.54) is 63.1 Å². The number of H-pyrrole nitrogens is 1. The van der Waals surface area contributed by atoms with Crippen LogP contribution in [0.3, 0.4) is 0 Å². The molecule has 1 spiro atoms. The lowest BCUT2D eigenvalue weighted by Crippen LogP contribution is -2.48. The van der Waals surface area contributed by atoms with Gasteiger partial charge in [0, 0.05) is 26.2 Å². The number of hydrogen-bond donors (Lipinski definition) is 1. The monoisotopic (exact) mass is 318 g/mol. The largest absolute Gasteiger partial charge is 0.368 e. The number of rotatable bonds is 3. The van der Waals surface area contributed by atoms with Crippen LogP contribution in [0.25, 0.3) is 0 Å². The molecule has 1 aromatic rings. The van der Waals surface area contributed by atoms with Gasteiger partial charge in [0.25, 0.3) is 0 Å². The van der Waals surface area contributed by atoms with Crippen molar-refractivity contribution >= 4 is 0 Å². The smallest absolute Gasteiger partial charge is 0.112 e. The second kappa shape index (κ2) is 6.91. The van der Waals surface area contributed by atoms with E-state index >= 15 is 0 Å². The number of piperidine rings is 1. The van der Waals surface area contributed by atoms with Gasteiger partial charge in [0.15, 0.2) is 0 Å². The van der Waals surface area contributed by atoms with Crippen LogP contribution in [0.5, 0.6) is 0 Å². The Kier molecular flexibility index (Phi) is 4.69. The number of ether oxygens (including phenoxy) is 1. The van der Waals surface area contributed by atoms with Gasteiger partial charge in [0.2, 0.25) is 0 Å². The molecule has 3 aliphatic heterocycles. The van der Waals surface area contributed by atoms with Crippen molar-refractivity contribution in [2.45, 2.75) is 50.5 Å². The Labute approximate surface area is 139 Å². The highest BCUT2D eigenvalue weighted by molar-refractivity contribution is 5.26. The van der Waals surface area contributed by atoms with E-state index in [2.05, 4.69) is 20.0 Å². The van der Waals surface area contributed by atoms with Gasteiger partial charge in [-0.3, -0.25) is 5.10 Å². The van der Waals surface area contributed by atoms with E-state index in [1.54, 1.807) is 0 Å². The lowest BCUT2D eigenvalue weighted by molar-refractivity contribution is -0.101. The number of likely N-dealkylation sites (tertiary alicyclic amines) is 2. The van der Waals surface area contributed by atoms with Gasteiger partial charge in [0.1, 0.15) is 5.60 Å².